The zero-order valence-electron chi connectivity index (χ0n) is 13.5. The summed E-state index contributed by atoms with van der Waals surface area (Å²) in [6, 6.07) is 32.6. The first kappa shape index (κ1) is 14.7. The van der Waals surface area contributed by atoms with Crippen LogP contribution in [0.3, 0.4) is 0 Å². The second-order valence-corrected chi connectivity index (χ2v) is 7.19. The van der Waals surface area contributed by atoms with E-state index in [0.29, 0.717) is 0 Å². The number of halogens is 1. The Bertz CT molecular complexity index is 1200. The van der Waals surface area contributed by atoms with Gasteiger partial charge in [-0.1, -0.05) is 94.8 Å². The summed E-state index contributed by atoms with van der Waals surface area (Å²) in [7, 11) is 0. The van der Waals surface area contributed by atoms with Crippen molar-refractivity contribution >= 4 is 48.2 Å². The van der Waals surface area contributed by atoms with Gasteiger partial charge in [0.2, 0.25) is 0 Å². The van der Waals surface area contributed by atoms with Gasteiger partial charge in [-0.2, -0.15) is 0 Å². The summed E-state index contributed by atoms with van der Waals surface area (Å²) in [5, 5.41) is 7.68. The minimum atomic E-state index is 1.14. The zero-order chi connectivity index (χ0) is 16.8. The van der Waals surface area contributed by atoms with E-state index in [0.717, 1.165) is 4.47 Å². The van der Waals surface area contributed by atoms with Gasteiger partial charge in [-0.15, -0.1) is 0 Å². The Labute approximate surface area is 154 Å². The fourth-order valence-corrected chi connectivity index (χ4v) is 4.26. The third kappa shape index (κ3) is 2.27. The minimum Gasteiger partial charge on any atom is -0.0616 e. The molecule has 0 nitrogen and oxygen atoms in total. The molecule has 0 atom stereocenters. The lowest BCUT2D eigenvalue weighted by atomic mass is 9.89. The van der Waals surface area contributed by atoms with Crippen molar-refractivity contribution in [2.75, 3.05) is 0 Å². The van der Waals surface area contributed by atoms with Gasteiger partial charge in [-0.3, -0.25) is 0 Å². The molecule has 5 aromatic carbocycles. The average molecular weight is 383 g/mol. The number of rotatable bonds is 1. The van der Waals surface area contributed by atoms with Gasteiger partial charge >= 0.3 is 0 Å². The molecule has 0 heterocycles. The molecule has 1 heteroatoms. The molecule has 25 heavy (non-hydrogen) atoms. The van der Waals surface area contributed by atoms with Gasteiger partial charge in [0.05, 0.1) is 0 Å². The third-order valence-corrected chi connectivity index (χ3v) is 5.60. The van der Waals surface area contributed by atoms with Crippen molar-refractivity contribution in [3.8, 4) is 11.1 Å². The van der Waals surface area contributed by atoms with Crippen LogP contribution in [0.15, 0.2) is 95.5 Å². The molecule has 0 amide bonds. The summed E-state index contributed by atoms with van der Waals surface area (Å²) < 4.78 is 1.14. The average Bonchev–Trinajstić information content (AvgIpc) is 2.67. The van der Waals surface area contributed by atoms with Crippen LogP contribution in [0.4, 0.5) is 0 Å². The summed E-state index contributed by atoms with van der Waals surface area (Å²) in [6.45, 7) is 0. The molecule has 0 fully saturated rings. The molecule has 0 aliphatic heterocycles. The van der Waals surface area contributed by atoms with E-state index in [2.05, 4.69) is 107 Å². The van der Waals surface area contributed by atoms with Crippen molar-refractivity contribution < 1.29 is 0 Å². The predicted molar refractivity (Wildman–Crippen MR) is 112 cm³/mol. The van der Waals surface area contributed by atoms with Crippen LogP contribution in [0.5, 0.6) is 0 Å². The van der Waals surface area contributed by atoms with Crippen molar-refractivity contribution in [2.24, 2.45) is 0 Å². The molecule has 0 spiro atoms. The quantitative estimate of drug-likeness (QED) is 0.262. The van der Waals surface area contributed by atoms with Gasteiger partial charge in [-0.25, -0.2) is 0 Å². The van der Waals surface area contributed by atoms with E-state index in [1.807, 2.05) is 0 Å². The van der Waals surface area contributed by atoms with Crippen LogP contribution in [0.25, 0.3) is 43.4 Å². The van der Waals surface area contributed by atoms with E-state index < -0.39 is 0 Å². The fourth-order valence-electron chi connectivity index (χ4n) is 3.78. The Hall–Kier alpha value is -2.64. The van der Waals surface area contributed by atoms with Crippen molar-refractivity contribution in [1.82, 2.24) is 0 Å². The first-order chi connectivity index (χ1) is 12.3. The van der Waals surface area contributed by atoms with Crippen LogP contribution >= 0.6 is 15.9 Å². The van der Waals surface area contributed by atoms with Crippen LogP contribution in [0.2, 0.25) is 0 Å². The van der Waals surface area contributed by atoms with Crippen LogP contribution in [0.1, 0.15) is 0 Å². The van der Waals surface area contributed by atoms with Crippen molar-refractivity contribution in [2.45, 2.75) is 0 Å². The molecule has 0 aliphatic rings. The molecule has 5 rings (SSSR count). The molecule has 5 aromatic rings. The van der Waals surface area contributed by atoms with E-state index in [9.17, 15) is 0 Å². The Kier molecular flexibility index (Phi) is 3.36. The zero-order valence-corrected chi connectivity index (χ0v) is 15.1. The van der Waals surface area contributed by atoms with E-state index in [1.165, 1.54) is 43.4 Å². The predicted octanol–water partition coefficient (Wildman–Crippen LogP) is 7.58. The number of hydrogen-bond acceptors (Lipinski definition) is 0. The maximum absolute atomic E-state index is 3.70. The van der Waals surface area contributed by atoms with Crippen molar-refractivity contribution in [1.29, 1.82) is 0 Å². The van der Waals surface area contributed by atoms with Gasteiger partial charge in [0, 0.05) is 4.47 Å². The highest BCUT2D eigenvalue weighted by Crippen LogP contribution is 2.40. The Morgan fingerprint density at radius 3 is 1.64 bits per heavy atom. The van der Waals surface area contributed by atoms with Gasteiger partial charge in [0.1, 0.15) is 0 Å². The van der Waals surface area contributed by atoms with Crippen LogP contribution in [-0.2, 0) is 0 Å². The lowest BCUT2D eigenvalue weighted by Gasteiger charge is -2.15. The Balaban J connectivity index is 2.03. The van der Waals surface area contributed by atoms with Gasteiger partial charge in [0.25, 0.3) is 0 Å². The summed E-state index contributed by atoms with van der Waals surface area (Å²) in [4.78, 5) is 0. The molecule has 0 radical (unpaired) electrons. The van der Waals surface area contributed by atoms with Gasteiger partial charge in [-0.05, 0) is 55.6 Å². The standard InChI is InChI=1S/C24H15Br/c25-23-14-13-22(20-11-5-6-12-21(20)23)24-18-9-3-1-7-16(18)15-17-8-2-4-10-19(17)24/h1-15H. The second kappa shape index (κ2) is 5.72. The molecular formula is C24H15Br. The molecule has 0 bridgehead atoms. The maximum Gasteiger partial charge on any atom is 0.0254 e. The Morgan fingerprint density at radius 1 is 0.480 bits per heavy atom. The first-order valence-corrected chi connectivity index (χ1v) is 9.20. The van der Waals surface area contributed by atoms with Crippen LogP contribution in [-0.4, -0.2) is 0 Å². The highest BCUT2D eigenvalue weighted by Gasteiger charge is 2.13. The SMILES string of the molecule is Brc1ccc(-c2c3ccccc3cc3ccccc23)c2ccccc12. The number of hydrogen-bond donors (Lipinski definition) is 0. The smallest absolute Gasteiger partial charge is 0.0254 e. The van der Waals surface area contributed by atoms with Crippen molar-refractivity contribution in [3.05, 3.63) is 95.5 Å². The summed E-state index contributed by atoms with van der Waals surface area (Å²) >= 11 is 3.70. The van der Waals surface area contributed by atoms with Crippen LogP contribution in [0, 0.1) is 0 Å². The lowest BCUT2D eigenvalue weighted by Crippen LogP contribution is -1.87. The Morgan fingerprint density at radius 2 is 1.00 bits per heavy atom. The fraction of sp³-hybridized carbons (Fsp3) is 0. The van der Waals surface area contributed by atoms with E-state index in [4.69, 9.17) is 0 Å². The highest BCUT2D eigenvalue weighted by atomic mass is 79.9. The summed E-state index contributed by atoms with van der Waals surface area (Å²) in [5.41, 5.74) is 2.60. The first-order valence-electron chi connectivity index (χ1n) is 8.41. The summed E-state index contributed by atoms with van der Waals surface area (Å²) in [6.07, 6.45) is 0. The molecule has 118 valence electrons. The van der Waals surface area contributed by atoms with Gasteiger partial charge < -0.3 is 0 Å². The molecule has 0 unspecified atom stereocenters. The molecule has 0 N–H and O–H groups in total. The van der Waals surface area contributed by atoms with Gasteiger partial charge in [0.15, 0.2) is 0 Å². The van der Waals surface area contributed by atoms with Crippen molar-refractivity contribution in [3.63, 3.8) is 0 Å². The summed E-state index contributed by atoms with van der Waals surface area (Å²) in [5.74, 6) is 0. The third-order valence-electron chi connectivity index (χ3n) is 4.91. The monoisotopic (exact) mass is 382 g/mol. The van der Waals surface area contributed by atoms with E-state index >= 15 is 0 Å². The van der Waals surface area contributed by atoms with E-state index in [-0.39, 0.29) is 0 Å². The largest absolute Gasteiger partial charge is 0.0616 e. The van der Waals surface area contributed by atoms with Crippen LogP contribution < -0.4 is 0 Å². The molecule has 0 saturated heterocycles. The molecule has 0 aromatic heterocycles. The number of benzene rings is 5. The number of fused-ring (bicyclic) bond motifs is 3. The normalized spacial score (nSPS) is 11.4. The maximum atomic E-state index is 3.70. The molecular weight excluding hydrogens is 368 g/mol. The second-order valence-electron chi connectivity index (χ2n) is 6.33. The van der Waals surface area contributed by atoms with E-state index in [1.54, 1.807) is 0 Å². The molecule has 0 aliphatic carbocycles. The lowest BCUT2D eigenvalue weighted by molar-refractivity contribution is 1.68. The topological polar surface area (TPSA) is 0 Å². The minimum absolute atomic E-state index is 1.14. The highest BCUT2D eigenvalue weighted by molar-refractivity contribution is 9.10. The molecule has 0 saturated carbocycles.